The Morgan fingerprint density at radius 2 is 0.667 bits per heavy atom. The van der Waals surface area contributed by atoms with Crippen LogP contribution in [0.3, 0.4) is 0 Å². The fourth-order valence-corrected chi connectivity index (χ4v) is 4.69. The molecule has 1 fully saturated rings. The van der Waals surface area contributed by atoms with E-state index in [2.05, 4.69) is 10.9 Å². The highest BCUT2D eigenvalue weighted by Gasteiger charge is 2.22. The molecular weight excluding hydrogens is 648 g/mol. The lowest BCUT2D eigenvalue weighted by Gasteiger charge is -2.32. The molecule has 0 aromatic rings. The van der Waals surface area contributed by atoms with E-state index in [1.807, 2.05) is 0 Å². The van der Waals surface area contributed by atoms with E-state index in [4.69, 9.17) is 10.2 Å². The molecule has 1 saturated heterocycles. The molecule has 0 aromatic carbocycles. The van der Waals surface area contributed by atoms with E-state index in [1.165, 1.54) is 0 Å². The molecule has 0 aromatic heterocycles. The Kier molecular flexibility index (Phi) is 19.2. The second-order valence-electron chi connectivity index (χ2n) is 11.0. The number of rotatable bonds is 19. The molecule has 0 radical (unpaired) electrons. The van der Waals surface area contributed by atoms with Crippen molar-refractivity contribution in [3.8, 4) is 0 Å². The largest absolute Gasteiger partial charge is 0.480 e. The number of hydrazine groups is 1. The highest BCUT2D eigenvalue weighted by atomic mass is 16.4. The summed E-state index contributed by atoms with van der Waals surface area (Å²) in [5.74, 6) is -8.75. The van der Waals surface area contributed by atoms with E-state index in [9.17, 15) is 58.8 Å². The Balaban J connectivity index is 2.88. The number of aliphatic carboxylic acids is 6. The van der Waals surface area contributed by atoms with Crippen molar-refractivity contribution in [2.24, 2.45) is 0 Å². The fraction of sp³-hybridized carbons (Fsp3) is 0.692. The fourth-order valence-electron chi connectivity index (χ4n) is 4.69. The van der Waals surface area contributed by atoms with Crippen LogP contribution in [0.2, 0.25) is 0 Å². The van der Waals surface area contributed by atoms with E-state index in [0.717, 1.165) is 9.80 Å². The average molecular weight is 693 g/mol. The zero-order valence-corrected chi connectivity index (χ0v) is 26.4. The number of carboxylic acids is 6. The predicted octanol–water partition coefficient (Wildman–Crippen LogP) is -5.53. The first kappa shape index (κ1) is 41.5. The maximum Gasteiger partial charge on any atom is 0.317 e. The molecule has 2 amide bonds. The minimum absolute atomic E-state index is 0.157. The summed E-state index contributed by atoms with van der Waals surface area (Å²) in [6.07, 6.45) is 0. The van der Waals surface area contributed by atoms with Gasteiger partial charge in [0.2, 0.25) is 0 Å². The van der Waals surface area contributed by atoms with Crippen molar-refractivity contribution in [2.45, 2.75) is 0 Å². The molecule has 272 valence electrons. The standard InChI is InChI=1S/C26H44N8O14/c35-19(27-28-20(36)12-33(16-24(43)44)9-10-34(17-25(45)46)18-26(47)48)11-29-1-3-30(13-21(37)38)5-7-32(15-23(41)42)8-6-31(4-2-29)14-22(39)40/h1-18H2,(H,27,35)(H,28,36)(H,37,38)(H,39,40)(H,41,42)(H,43,44)(H,45,46)(H,47,48). The number of hydrogen-bond donors (Lipinski definition) is 8. The van der Waals surface area contributed by atoms with Crippen molar-refractivity contribution >= 4 is 47.6 Å². The van der Waals surface area contributed by atoms with Crippen LogP contribution < -0.4 is 10.9 Å². The second-order valence-corrected chi connectivity index (χ2v) is 11.0. The SMILES string of the molecule is O=C(O)CN1CCN(CC(=O)O)CCN(CC(=O)NNC(=O)CN(CCN(CC(=O)O)CC(=O)O)CC(=O)O)CCN(CC(=O)O)CC1. The Labute approximate surface area is 275 Å². The molecule has 22 heteroatoms. The van der Waals surface area contributed by atoms with Crippen LogP contribution in [-0.4, -0.2) is 225 Å². The summed E-state index contributed by atoms with van der Waals surface area (Å²) < 4.78 is 0. The molecule has 0 aliphatic carbocycles. The number of carbonyl (C=O) groups is 8. The van der Waals surface area contributed by atoms with Gasteiger partial charge in [0.25, 0.3) is 11.8 Å². The Bertz CT molecular complexity index is 1090. The monoisotopic (exact) mass is 692 g/mol. The van der Waals surface area contributed by atoms with E-state index in [1.54, 1.807) is 19.6 Å². The topological polar surface area (TPSA) is 301 Å². The maximum atomic E-state index is 12.8. The van der Waals surface area contributed by atoms with Gasteiger partial charge >= 0.3 is 35.8 Å². The smallest absolute Gasteiger partial charge is 0.317 e. The first-order valence-electron chi connectivity index (χ1n) is 14.7. The van der Waals surface area contributed by atoms with Gasteiger partial charge in [-0.15, -0.1) is 0 Å². The lowest BCUT2D eigenvalue weighted by Crippen LogP contribution is -2.52. The summed E-state index contributed by atoms with van der Waals surface area (Å²) >= 11 is 0. The van der Waals surface area contributed by atoms with Crippen LogP contribution in [-0.2, 0) is 38.4 Å². The van der Waals surface area contributed by atoms with Crippen LogP contribution in [0.4, 0.5) is 0 Å². The Morgan fingerprint density at radius 1 is 0.396 bits per heavy atom. The number of hydrogen-bond acceptors (Lipinski definition) is 14. The minimum Gasteiger partial charge on any atom is -0.480 e. The van der Waals surface area contributed by atoms with Gasteiger partial charge in [-0.3, -0.25) is 78.6 Å². The molecule has 22 nitrogen and oxygen atoms in total. The van der Waals surface area contributed by atoms with Crippen molar-refractivity contribution in [1.82, 2.24) is 40.3 Å². The van der Waals surface area contributed by atoms with Crippen molar-refractivity contribution in [3.05, 3.63) is 0 Å². The molecule has 0 saturated carbocycles. The highest BCUT2D eigenvalue weighted by Crippen LogP contribution is 2.02. The van der Waals surface area contributed by atoms with E-state index in [-0.39, 0.29) is 91.6 Å². The highest BCUT2D eigenvalue weighted by molar-refractivity contribution is 5.84. The molecule has 1 aliphatic rings. The summed E-state index contributed by atoms with van der Waals surface area (Å²) in [7, 11) is 0. The lowest BCUT2D eigenvalue weighted by molar-refractivity contribution is -0.143. The van der Waals surface area contributed by atoms with Crippen molar-refractivity contribution in [2.75, 3.05) is 118 Å². The predicted molar refractivity (Wildman–Crippen MR) is 161 cm³/mol. The summed E-state index contributed by atoms with van der Waals surface area (Å²) in [6.45, 7) is -2.72. The van der Waals surface area contributed by atoms with E-state index >= 15 is 0 Å². The third-order valence-electron chi connectivity index (χ3n) is 6.89. The summed E-state index contributed by atoms with van der Waals surface area (Å²) in [6, 6.07) is 0. The molecule has 1 rings (SSSR count). The Hall–Kier alpha value is -4.48. The molecule has 1 heterocycles. The van der Waals surface area contributed by atoms with Crippen LogP contribution >= 0.6 is 0 Å². The van der Waals surface area contributed by atoms with Gasteiger partial charge < -0.3 is 30.6 Å². The molecule has 0 bridgehead atoms. The second kappa shape index (κ2) is 22.2. The first-order valence-corrected chi connectivity index (χ1v) is 14.7. The van der Waals surface area contributed by atoms with Crippen molar-refractivity contribution in [1.29, 1.82) is 0 Å². The third-order valence-corrected chi connectivity index (χ3v) is 6.89. The summed E-state index contributed by atoms with van der Waals surface area (Å²) in [5.41, 5.74) is 4.36. The van der Waals surface area contributed by atoms with Gasteiger partial charge in [-0.05, 0) is 0 Å². The zero-order chi connectivity index (χ0) is 36.2. The van der Waals surface area contributed by atoms with Gasteiger partial charge in [0.1, 0.15) is 0 Å². The molecule has 0 unspecified atom stereocenters. The summed E-state index contributed by atoms with van der Waals surface area (Å²) in [5, 5.41) is 55.1. The lowest BCUT2D eigenvalue weighted by atomic mass is 10.3. The number of carbonyl (C=O) groups excluding carboxylic acids is 2. The molecule has 8 N–H and O–H groups in total. The van der Waals surface area contributed by atoms with E-state index in [0.29, 0.717) is 0 Å². The minimum atomic E-state index is -1.31. The number of nitrogens with zero attached hydrogens (tertiary/aromatic N) is 6. The zero-order valence-electron chi connectivity index (χ0n) is 26.4. The van der Waals surface area contributed by atoms with Crippen molar-refractivity contribution < 1.29 is 69.0 Å². The van der Waals surface area contributed by atoms with Crippen LogP contribution in [0.25, 0.3) is 0 Å². The molecular formula is C26H44N8O14. The van der Waals surface area contributed by atoms with Crippen LogP contribution in [0, 0.1) is 0 Å². The molecule has 0 atom stereocenters. The quantitative estimate of drug-likeness (QED) is 0.0585. The number of nitrogens with one attached hydrogen (secondary N) is 2. The third kappa shape index (κ3) is 20.6. The molecule has 1 aliphatic heterocycles. The van der Waals surface area contributed by atoms with Gasteiger partial charge in [-0.1, -0.05) is 0 Å². The molecule has 0 spiro atoms. The number of amides is 2. The summed E-state index contributed by atoms with van der Waals surface area (Å²) in [4.78, 5) is 101. The van der Waals surface area contributed by atoms with Gasteiger partial charge in [0, 0.05) is 65.4 Å². The van der Waals surface area contributed by atoms with Gasteiger partial charge in [-0.25, -0.2) is 0 Å². The van der Waals surface area contributed by atoms with Crippen LogP contribution in [0.1, 0.15) is 0 Å². The normalized spacial score (nSPS) is 16.0. The number of carboxylic acid groups (broad SMARTS) is 6. The van der Waals surface area contributed by atoms with E-state index < -0.39 is 73.8 Å². The van der Waals surface area contributed by atoms with Gasteiger partial charge in [0.15, 0.2) is 0 Å². The molecule has 48 heavy (non-hydrogen) atoms. The van der Waals surface area contributed by atoms with Crippen molar-refractivity contribution in [3.63, 3.8) is 0 Å². The van der Waals surface area contributed by atoms with Gasteiger partial charge in [-0.2, -0.15) is 0 Å². The Morgan fingerprint density at radius 3 is 0.958 bits per heavy atom. The first-order chi connectivity index (χ1) is 22.5. The van der Waals surface area contributed by atoms with Gasteiger partial charge in [0.05, 0.1) is 52.4 Å². The average Bonchev–Trinajstić information content (AvgIpc) is 2.94. The maximum absolute atomic E-state index is 12.8. The van der Waals surface area contributed by atoms with Crippen LogP contribution in [0.15, 0.2) is 0 Å². The van der Waals surface area contributed by atoms with Crippen LogP contribution in [0.5, 0.6) is 0 Å².